The van der Waals surface area contributed by atoms with Gasteiger partial charge in [-0.1, -0.05) is 6.07 Å². The lowest BCUT2D eigenvalue weighted by Gasteiger charge is -2.18. The van der Waals surface area contributed by atoms with Crippen molar-refractivity contribution < 1.29 is 27.1 Å². The molecule has 19 heavy (non-hydrogen) atoms. The fourth-order valence-electron chi connectivity index (χ4n) is 1.90. The van der Waals surface area contributed by atoms with Crippen molar-refractivity contribution in [2.75, 3.05) is 7.11 Å². The van der Waals surface area contributed by atoms with Gasteiger partial charge in [-0.05, 0) is 30.5 Å². The maximum Gasteiger partial charge on any atom is 0.419 e. The average Bonchev–Trinajstić information content (AvgIpc) is 3.08. The van der Waals surface area contributed by atoms with Gasteiger partial charge in [0.25, 0.3) is 0 Å². The topological polar surface area (TPSA) is 38.3 Å². The van der Waals surface area contributed by atoms with Gasteiger partial charge >= 0.3 is 12.3 Å². The van der Waals surface area contributed by atoms with Crippen LogP contribution in [-0.4, -0.2) is 13.2 Å². The molecule has 0 aromatic heterocycles. The second kappa shape index (κ2) is 4.40. The van der Waals surface area contributed by atoms with Crippen molar-refractivity contribution in [3.05, 3.63) is 35.1 Å². The summed E-state index contributed by atoms with van der Waals surface area (Å²) in [5.74, 6) is -1.33. The van der Waals surface area contributed by atoms with Gasteiger partial charge in [0.2, 0.25) is 0 Å². The highest BCUT2D eigenvalue weighted by molar-refractivity contribution is 5.69. The van der Waals surface area contributed by atoms with Crippen molar-refractivity contribution in [1.82, 2.24) is 5.32 Å². The van der Waals surface area contributed by atoms with Gasteiger partial charge in [-0.3, -0.25) is 0 Å². The van der Waals surface area contributed by atoms with Crippen molar-refractivity contribution in [2.45, 2.75) is 24.6 Å². The first kappa shape index (κ1) is 13.6. The fraction of sp³-hybridized carbons (Fsp3) is 0.417. The average molecular weight is 277 g/mol. The van der Waals surface area contributed by atoms with E-state index in [9.17, 15) is 22.4 Å². The number of carbonyl (C=O) groups excluding carboxylic acids is 1. The molecule has 0 radical (unpaired) electrons. The number of amides is 1. The van der Waals surface area contributed by atoms with Crippen molar-refractivity contribution >= 4 is 6.09 Å². The molecular weight excluding hydrogens is 266 g/mol. The van der Waals surface area contributed by atoms with Crippen molar-refractivity contribution in [3.63, 3.8) is 0 Å². The van der Waals surface area contributed by atoms with Gasteiger partial charge in [0.05, 0.1) is 18.2 Å². The lowest BCUT2D eigenvalue weighted by Crippen LogP contribution is -2.34. The molecule has 1 N–H and O–H groups in total. The summed E-state index contributed by atoms with van der Waals surface area (Å²) in [6.45, 7) is 0. The molecule has 104 valence electrons. The van der Waals surface area contributed by atoms with Crippen LogP contribution in [0, 0.1) is 5.82 Å². The van der Waals surface area contributed by atoms with Crippen LogP contribution in [0.5, 0.6) is 0 Å². The number of halogens is 4. The van der Waals surface area contributed by atoms with E-state index in [2.05, 4.69) is 10.1 Å². The van der Waals surface area contributed by atoms with Gasteiger partial charge in [-0.2, -0.15) is 13.2 Å². The van der Waals surface area contributed by atoms with Gasteiger partial charge < -0.3 is 10.1 Å². The zero-order valence-corrected chi connectivity index (χ0v) is 9.97. The Bertz CT molecular complexity index is 509. The summed E-state index contributed by atoms with van der Waals surface area (Å²) in [5, 5.41) is 2.48. The zero-order chi connectivity index (χ0) is 14.3. The SMILES string of the molecule is COC(=O)NC1(c2ccc(F)c(C(F)(F)F)c2)CC1. The zero-order valence-electron chi connectivity index (χ0n) is 9.97. The van der Waals surface area contributed by atoms with Crippen LogP contribution < -0.4 is 5.32 Å². The minimum atomic E-state index is -4.76. The maximum atomic E-state index is 13.2. The van der Waals surface area contributed by atoms with Gasteiger partial charge in [0.15, 0.2) is 0 Å². The molecule has 1 aromatic rings. The van der Waals surface area contributed by atoms with E-state index in [1.54, 1.807) is 0 Å². The number of ether oxygens (including phenoxy) is 1. The van der Waals surface area contributed by atoms with E-state index in [-0.39, 0.29) is 5.56 Å². The molecular formula is C12H11F4NO2. The highest BCUT2D eigenvalue weighted by Crippen LogP contribution is 2.47. The number of rotatable bonds is 2. The summed E-state index contributed by atoms with van der Waals surface area (Å²) < 4.78 is 55.4. The highest BCUT2D eigenvalue weighted by atomic mass is 19.4. The van der Waals surface area contributed by atoms with Crippen molar-refractivity contribution in [2.24, 2.45) is 0 Å². The predicted octanol–water partition coefficient (Wildman–Crippen LogP) is 3.19. The monoisotopic (exact) mass is 277 g/mol. The normalized spacial score (nSPS) is 16.9. The summed E-state index contributed by atoms with van der Waals surface area (Å²) >= 11 is 0. The molecule has 0 heterocycles. The smallest absolute Gasteiger partial charge is 0.419 e. The standard InChI is InChI=1S/C12H11F4NO2/c1-19-10(18)17-11(4-5-11)7-2-3-9(13)8(6-7)12(14,15)16/h2-3,6H,4-5H2,1H3,(H,17,18). The Labute approximate surface area is 106 Å². The van der Waals surface area contributed by atoms with E-state index in [4.69, 9.17) is 0 Å². The molecule has 0 atom stereocenters. The number of nitrogens with one attached hydrogen (secondary N) is 1. The fourth-order valence-corrected chi connectivity index (χ4v) is 1.90. The number of benzene rings is 1. The molecule has 1 aromatic carbocycles. The molecule has 0 bridgehead atoms. The summed E-state index contributed by atoms with van der Waals surface area (Å²) in [6.07, 6.45) is -4.51. The summed E-state index contributed by atoms with van der Waals surface area (Å²) in [6, 6.07) is 2.74. The molecule has 0 spiro atoms. The van der Waals surface area contributed by atoms with E-state index in [1.165, 1.54) is 6.07 Å². The Morgan fingerprint density at radius 1 is 1.37 bits per heavy atom. The largest absolute Gasteiger partial charge is 0.453 e. The number of methoxy groups -OCH3 is 1. The van der Waals surface area contributed by atoms with Crippen LogP contribution in [-0.2, 0) is 16.5 Å². The van der Waals surface area contributed by atoms with Crippen LogP contribution in [0.25, 0.3) is 0 Å². The number of hydrogen-bond donors (Lipinski definition) is 1. The second-order valence-corrected chi connectivity index (χ2v) is 4.39. The molecule has 0 unspecified atom stereocenters. The minimum absolute atomic E-state index is 0.228. The Kier molecular flexibility index (Phi) is 3.15. The molecule has 3 nitrogen and oxygen atoms in total. The van der Waals surface area contributed by atoms with Gasteiger partial charge in [0.1, 0.15) is 5.82 Å². The molecule has 2 rings (SSSR count). The van der Waals surface area contributed by atoms with Crippen LogP contribution in [0.15, 0.2) is 18.2 Å². The molecule has 0 saturated heterocycles. The molecule has 1 saturated carbocycles. The maximum absolute atomic E-state index is 13.2. The third-order valence-electron chi connectivity index (χ3n) is 3.10. The number of alkyl halides is 3. The minimum Gasteiger partial charge on any atom is -0.453 e. The van der Waals surface area contributed by atoms with Crippen LogP contribution in [0.3, 0.4) is 0 Å². The van der Waals surface area contributed by atoms with Crippen LogP contribution >= 0.6 is 0 Å². The lowest BCUT2D eigenvalue weighted by molar-refractivity contribution is -0.140. The number of carbonyl (C=O) groups is 1. The number of alkyl carbamates (subject to hydrolysis) is 1. The molecule has 7 heteroatoms. The summed E-state index contributed by atoms with van der Waals surface area (Å²) in [4.78, 5) is 11.2. The Hall–Kier alpha value is -1.79. The van der Waals surface area contributed by atoms with Gasteiger partial charge in [-0.15, -0.1) is 0 Å². The van der Waals surface area contributed by atoms with E-state index >= 15 is 0 Å². The molecule has 1 aliphatic carbocycles. The van der Waals surface area contributed by atoms with E-state index in [1.807, 2.05) is 0 Å². The molecule has 1 aliphatic rings. The lowest BCUT2D eigenvalue weighted by atomic mass is 10.0. The predicted molar refractivity (Wildman–Crippen MR) is 57.9 cm³/mol. The quantitative estimate of drug-likeness (QED) is 0.843. The first-order valence-electron chi connectivity index (χ1n) is 5.52. The van der Waals surface area contributed by atoms with Gasteiger partial charge in [0, 0.05) is 0 Å². The molecule has 1 amide bonds. The summed E-state index contributed by atoms with van der Waals surface area (Å²) in [5.41, 5.74) is -1.98. The highest BCUT2D eigenvalue weighted by Gasteiger charge is 2.47. The van der Waals surface area contributed by atoms with Crippen LogP contribution in [0.1, 0.15) is 24.0 Å². The number of hydrogen-bond acceptors (Lipinski definition) is 2. The third kappa shape index (κ3) is 2.64. The second-order valence-electron chi connectivity index (χ2n) is 4.39. The Morgan fingerprint density at radius 3 is 2.47 bits per heavy atom. The van der Waals surface area contributed by atoms with E-state index in [0.29, 0.717) is 12.8 Å². The third-order valence-corrected chi connectivity index (χ3v) is 3.10. The van der Waals surface area contributed by atoms with Gasteiger partial charge in [-0.25, -0.2) is 9.18 Å². The van der Waals surface area contributed by atoms with Crippen molar-refractivity contribution in [1.29, 1.82) is 0 Å². The van der Waals surface area contributed by atoms with E-state index < -0.39 is 29.2 Å². The Morgan fingerprint density at radius 2 is 2.00 bits per heavy atom. The van der Waals surface area contributed by atoms with Crippen LogP contribution in [0.2, 0.25) is 0 Å². The molecule has 1 fully saturated rings. The first-order valence-corrected chi connectivity index (χ1v) is 5.52. The van der Waals surface area contributed by atoms with E-state index in [0.717, 1.165) is 19.2 Å². The Balaban J connectivity index is 2.34. The summed E-state index contributed by atoms with van der Waals surface area (Å²) in [7, 11) is 1.16. The van der Waals surface area contributed by atoms with Crippen LogP contribution in [0.4, 0.5) is 22.4 Å². The van der Waals surface area contributed by atoms with Crippen molar-refractivity contribution in [3.8, 4) is 0 Å². The molecule has 0 aliphatic heterocycles. The first-order chi connectivity index (χ1) is 8.78.